The van der Waals surface area contributed by atoms with Crippen LogP contribution in [0.4, 0.5) is 4.79 Å². The van der Waals surface area contributed by atoms with Crippen LogP contribution in [0, 0.1) is 0 Å². The van der Waals surface area contributed by atoms with Gasteiger partial charge in [0.2, 0.25) is 6.10 Å². The quantitative estimate of drug-likeness (QED) is 0.266. The molecule has 2 aromatic rings. The molecule has 0 fully saturated rings. The summed E-state index contributed by atoms with van der Waals surface area (Å²) < 4.78 is 21.2. The van der Waals surface area contributed by atoms with Gasteiger partial charge in [0.05, 0.1) is 6.61 Å². The van der Waals surface area contributed by atoms with Crippen molar-refractivity contribution in [1.82, 2.24) is 5.32 Å². The van der Waals surface area contributed by atoms with E-state index in [9.17, 15) is 19.2 Å². The van der Waals surface area contributed by atoms with Crippen LogP contribution in [0.15, 0.2) is 60.7 Å². The van der Waals surface area contributed by atoms with E-state index in [-0.39, 0.29) is 19.6 Å². The van der Waals surface area contributed by atoms with Crippen LogP contribution in [-0.2, 0) is 35.1 Å². The van der Waals surface area contributed by atoms with Crippen molar-refractivity contribution in [2.45, 2.75) is 58.5 Å². The van der Waals surface area contributed by atoms with Gasteiger partial charge in [0.1, 0.15) is 5.60 Å². The minimum absolute atomic E-state index is 0.0339. The number of nitrogens with one attached hydrogen (secondary N) is 1. The zero-order valence-corrected chi connectivity index (χ0v) is 21.0. The maximum absolute atomic E-state index is 12.7. The number of hydrogen-bond acceptors (Lipinski definition) is 8. The molecular weight excluding hydrogens is 466 g/mol. The second-order valence-electron chi connectivity index (χ2n) is 8.98. The van der Waals surface area contributed by atoms with E-state index in [2.05, 4.69) is 5.32 Å². The van der Waals surface area contributed by atoms with Gasteiger partial charge in [-0.05, 0) is 33.3 Å². The zero-order chi connectivity index (χ0) is 26.6. The van der Waals surface area contributed by atoms with Gasteiger partial charge in [0.15, 0.2) is 18.5 Å². The lowest BCUT2D eigenvalue weighted by Gasteiger charge is -2.21. The topological polar surface area (TPSA) is 117 Å². The van der Waals surface area contributed by atoms with E-state index in [1.165, 1.54) is 6.92 Å². The molecule has 194 valence electrons. The molecule has 1 unspecified atom stereocenters. The van der Waals surface area contributed by atoms with Crippen molar-refractivity contribution in [3.8, 4) is 0 Å². The fourth-order valence-electron chi connectivity index (χ4n) is 2.88. The molecule has 0 saturated heterocycles. The highest BCUT2D eigenvalue weighted by molar-refractivity contribution is 5.98. The van der Waals surface area contributed by atoms with Crippen molar-refractivity contribution in [3.05, 3.63) is 71.8 Å². The number of ketones is 1. The molecule has 1 N–H and O–H groups in total. The summed E-state index contributed by atoms with van der Waals surface area (Å²) in [5, 5.41) is 2.51. The number of esters is 2. The van der Waals surface area contributed by atoms with Gasteiger partial charge in [-0.15, -0.1) is 0 Å². The third kappa shape index (κ3) is 10.7. The minimum Gasteiger partial charge on any atom is -0.455 e. The second-order valence-corrected chi connectivity index (χ2v) is 8.98. The summed E-state index contributed by atoms with van der Waals surface area (Å²) in [5.41, 5.74) is 0.556. The third-order valence-electron chi connectivity index (χ3n) is 4.71. The molecule has 0 aliphatic heterocycles. The Balaban J connectivity index is 1.95. The average Bonchev–Trinajstić information content (AvgIpc) is 2.84. The van der Waals surface area contributed by atoms with Crippen molar-refractivity contribution < 1.29 is 38.1 Å². The van der Waals surface area contributed by atoms with Gasteiger partial charge in [-0.1, -0.05) is 60.7 Å². The van der Waals surface area contributed by atoms with Gasteiger partial charge >= 0.3 is 18.0 Å². The summed E-state index contributed by atoms with van der Waals surface area (Å²) in [6, 6.07) is 17.6. The van der Waals surface area contributed by atoms with Crippen molar-refractivity contribution in [2.24, 2.45) is 0 Å². The molecule has 9 nitrogen and oxygen atoms in total. The van der Waals surface area contributed by atoms with Crippen molar-refractivity contribution in [1.29, 1.82) is 0 Å². The van der Waals surface area contributed by atoms with E-state index in [1.54, 1.807) is 51.1 Å². The van der Waals surface area contributed by atoms with Gasteiger partial charge in [-0.3, -0.25) is 4.79 Å². The number of hydrogen-bond donors (Lipinski definition) is 1. The molecule has 0 bridgehead atoms. The SMILES string of the molecule is CC(OCc1ccccc1)C(=O)O[C@@H](CCNC(=O)OC(C)(C)C)C(=O)OCC(=O)c1ccccc1. The summed E-state index contributed by atoms with van der Waals surface area (Å²) in [4.78, 5) is 49.5. The van der Waals surface area contributed by atoms with Gasteiger partial charge in [-0.25, -0.2) is 14.4 Å². The lowest BCUT2D eigenvalue weighted by Crippen LogP contribution is -2.38. The highest BCUT2D eigenvalue weighted by Crippen LogP contribution is 2.10. The molecule has 0 saturated carbocycles. The van der Waals surface area contributed by atoms with Gasteiger partial charge in [-0.2, -0.15) is 0 Å². The van der Waals surface area contributed by atoms with Crippen LogP contribution in [0.3, 0.4) is 0 Å². The molecule has 2 aromatic carbocycles. The number of Topliss-reactive ketones (excluding diaryl/α,β-unsaturated/α-hetero) is 1. The molecule has 9 heteroatoms. The van der Waals surface area contributed by atoms with E-state index in [0.29, 0.717) is 5.56 Å². The van der Waals surface area contributed by atoms with Crippen molar-refractivity contribution >= 4 is 23.8 Å². The molecule has 0 radical (unpaired) electrons. The van der Waals surface area contributed by atoms with E-state index < -0.39 is 48.2 Å². The molecule has 36 heavy (non-hydrogen) atoms. The number of rotatable bonds is 12. The predicted molar refractivity (Wildman–Crippen MR) is 131 cm³/mol. The van der Waals surface area contributed by atoms with Crippen molar-refractivity contribution in [3.63, 3.8) is 0 Å². The highest BCUT2D eigenvalue weighted by atomic mass is 16.6. The van der Waals surface area contributed by atoms with E-state index in [1.807, 2.05) is 30.3 Å². The highest BCUT2D eigenvalue weighted by Gasteiger charge is 2.28. The van der Waals surface area contributed by atoms with E-state index in [0.717, 1.165) is 5.56 Å². The van der Waals surface area contributed by atoms with Crippen LogP contribution < -0.4 is 5.32 Å². The van der Waals surface area contributed by atoms with E-state index >= 15 is 0 Å². The normalized spacial score (nSPS) is 12.7. The lowest BCUT2D eigenvalue weighted by atomic mass is 10.1. The Morgan fingerprint density at radius 1 is 0.889 bits per heavy atom. The lowest BCUT2D eigenvalue weighted by molar-refractivity contribution is -0.174. The van der Waals surface area contributed by atoms with Gasteiger partial charge in [0, 0.05) is 18.5 Å². The summed E-state index contributed by atoms with van der Waals surface area (Å²) in [5.74, 6) is -2.09. The fraction of sp³-hybridized carbons (Fsp3) is 0.407. The fourth-order valence-corrected chi connectivity index (χ4v) is 2.88. The largest absolute Gasteiger partial charge is 0.455 e. The number of carbonyl (C=O) groups excluding carboxylic acids is 4. The summed E-state index contributed by atoms with van der Waals surface area (Å²) >= 11 is 0. The van der Waals surface area contributed by atoms with Gasteiger partial charge in [0.25, 0.3) is 0 Å². The number of benzene rings is 2. The molecule has 2 rings (SSSR count). The Hall–Kier alpha value is -3.72. The molecule has 0 aliphatic rings. The Labute approximate surface area is 211 Å². The average molecular weight is 500 g/mol. The summed E-state index contributed by atoms with van der Waals surface area (Å²) in [6.45, 7) is 6.28. The Morgan fingerprint density at radius 3 is 2.11 bits per heavy atom. The zero-order valence-electron chi connectivity index (χ0n) is 21.0. The Bertz CT molecular complexity index is 1000. The monoisotopic (exact) mass is 499 g/mol. The number of ether oxygens (including phenoxy) is 4. The summed E-state index contributed by atoms with van der Waals surface area (Å²) in [6.07, 6.45) is -3.10. The predicted octanol–water partition coefficient (Wildman–Crippen LogP) is 3.84. The smallest absolute Gasteiger partial charge is 0.407 e. The molecule has 1 amide bonds. The van der Waals surface area contributed by atoms with Crippen LogP contribution in [0.25, 0.3) is 0 Å². The Morgan fingerprint density at radius 2 is 1.50 bits per heavy atom. The maximum atomic E-state index is 12.7. The van der Waals surface area contributed by atoms with Crippen LogP contribution >= 0.6 is 0 Å². The van der Waals surface area contributed by atoms with Crippen LogP contribution in [-0.4, -0.2) is 54.8 Å². The first kappa shape index (κ1) is 28.5. The number of amides is 1. The standard InChI is InChI=1S/C27H33NO8/c1-19(33-17-20-11-7-5-8-12-20)24(30)35-23(15-16-28-26(32)36-27(2,3)4)25(31)34-18-22(29)21-13-9-6-10-14-21/h5-14,19,23H,15-18H2,1-4H3,(H,28,32)/t19?,23-/m0/s1. The molecule has 2 atom stereocenters. The van der Waals surface area contributed by atoms with Gasteiger partial charge < -0.3 is 24.3 Å². The maximum Gasteiger partial charge on any atom is 0.407 e. The number of carbonyl (C=O) groups is 4. The minimum atomic E-state index is -1.36. The summed E-state index contributed by atoms with van der Waals surface area (Å²) in [7, 11) is 0. The first-order valence-electron chi connectivity index (χ1n) is 11.6. The molecule has 0 aromatic heterocycles. The first-order chi connectivity index (χ1) is 17.0. The van der Waals surface area contributed by atoms with Crippen LogP contribution in [0.2, 0.25) is 0 Å². The van der Waals surface area contributed by atoms with Crippen LogP contribution in [0.5, 0.6) is 0 Å². The van der Waals surface area contributed by atoms with Crippen molar-refractivity contribution in [2.75, 3.05) is 13.2 Å². The van der Waals surface area contributed by atoms with Crippen LogP contribution in [0.1, 0.15) is 50.0 Å². The molecular formula is C27H33NO8. The molecule has 0 heterocycles. The first-order valence-corrected chi connectivity index (χ1v) is 11.6. The number of alkyl carbamates (subject to hydrolysis) is 1. The third-order valence-corrected chi connectivity index (χ3v) is 4.71. The Kier molecular flexibility index (Phi) is 11.1. The van der Waals surface area contributed by atoms with E-state index in [4.69, 9.17) is 18.9 Å². The second kappa shape index (κ2) is 14.0. The molecule has 0 spiro atoms. The molecule has 0 aliphatic carbocycles.